The Morgan fingerprint density at radius 3 is 2.53 bits per heavy atom. The van der Waals surface area contributed by atoms with Crippen LogP contribution in [0.5, 0.6) is 11.5 Å². The highest BCUT2D eigenvalue weighted by molar-refractivity contribution is 6.35. The highest BCUT2D eigenvalue weighted by Crippen LogP contribution is 2.31. The summed E-state index contributed by atoms with van der Waals surface area (Å²) in [6.45, 7) is 1.34. The normalized spacial score (nSPS) is 14.6. The summed E-state index contributed by atoms with van der Waals surface area (Å²) < 4.78 is 10.7. The van der Waals surface area contributed by atoms with Crippen LogP contribution in [0.4, 0.5) is 5.69 Å². The second kappa shape index (κ2) is 12.8. The summed E-state index contributed by atoms with van der Waals surface area (Å²) in [5.74, 6) is -0.480. The van der Waals surface area contributed by atoms with Gasteiger partial charge in [-0.05, 0) is 43.5 Å². The number of carbonyl (C=O) groups excluding carboxylic acids is 2. The van der Waals surface area contributed by atoms with Crippen LogP contribution in [0.15, 0.2) is 36.4 Å². The summed E-state index contributed by atoms with van der Waals surface area (Å²) >= 11 is 12.4. The molecule has 36 heavy (non-hydrogen) atoms. The molecule has 2 aromatic carbocycles. The molecule has 2 aromatic rings. The Hall–Kier alpha value is -3.04. The van der Waals surface area contributed by atoms with E-state index in [9.17, 15) is 19.7 Å². The summed E-state index contributed by atoms with van der Waals surface area (Å²) in [5.41, 5.74) is 0.409. The molecule has 1 fully saturated rings. The number of methoxy groups -OCH3 is 1. The van der Waals surface area contributed by atoms with E-state index in [1.54, 1.807) is 25.1 Å². The van der Waals surface area contributed by atoms with Crippen molar-refractivity contribution >= 4 is 40.7 Å². The van der Waals surface area contributed by atoms with Gasteiger partial charge in [-0.15, -0.1) is 0 Å². The van der Waals surface area contributed by atoms with E-state index in [2.05, 4.69) is 5.32 Å². The van der Waals surface area contributed by atoms with Gasteiger partial charge in [0.15, 0.2) is 6.61 Å². The molecule has 11 heteroatoms. The average molecular weight is 538 g/mol. The molecule has 0 spiro atoms. The Labute approximate surface area is 219 Å². The number of hydrogen-bond acceptors (Lipinski definition) is 6. The van der Waals surface area contributed by atoms with Crippen molar-refractivity contribution in [2.24, 2.45) is 0 Å². The number of nitrogens with zero attached hydrogens (tertiary/aromatic N) is 2. The standard InChI is InChI=1S/C25H29Cl2N3O6/c1-16(25(32)28-19-6-4-3-5-7-19)29(14-17-8-9-18(26)12-21(17)27)24(31)15-36-20-10-11-22(30(33)34)23(13-20)35-2/h8-13,16,19H,3-7,14-15H2,1-2H3,(H,28,32). The number of ether oxygens (including phenoxy) is 2. The van der Waals surface area contributed by atoms with Gasteiger partial charge >= 0.3 is 5.69 Å². The SMILES string of the molecule is COc1cc(OCC(=O)N(Cc2ccc(Cl)cc2Cl)C(C)C(=O)NC2CCCCC2)ccc1[N+](=O)[O-]. The van der Waals surface area contributed by atoms with Gasteiger partial charge in [0.05, 0.1) is 12.0 Å². The van der Waals surface area contributed by atoms with Gasteiger partial charge in [-0.2, -0.15) is 0 Å². The number of carbonyl (C=O) groups is 2. The lowest BCUT2D eigenvalue weighted by Crippen LogP contribution is -2.51. The molecule has 0 saturated heterocycles. The van der Waals surface area contributed by atoms with E-state index in [4.69, 9.17) is 32.7 Å². The Bertz CT molecular complexity index is 1110. The second-order valence-corrected chi connectivity index (χ2v) is 9.50. The van der Waals surface area contributed by atoms with E-state index in [0.717, 1.165) is 32.1 Å². The van der Waals surface area contributed by atoms with E-state index >= 15 is 0 Å². The molecule has 0 radical (unpaired) electrons. The highest BCUT2D eigenvalue weighted by Gasteiger charge is 2.29. The number of halogens is 2. The van der Waals surface area contributed by atoms with Crippen LogP contribution < -0.4 is 14.8 Å². The molecule has 2 amide bonds. The number of hydrogen-bond donors (Lipinski definition) is 1. The van der Waals surface area contributed by atoms with Crippen molar-refractivity contribution in [2.45, 2.75) is 57.7 Å². The van der Waals surface area contributed by atoms with Gasteiger partial charge in [0.2, 0.25) is 11.7 Å². The van der Waals surface area contributed by atoms with Crippen LogP contribution in [-0.4, -0.2) is 47.4 Å². The maximum absolute atomic E-state index is 13.3. The molecule has 0 aromatic heterocycles. The Balaban J connectivity index is 1.76. The van der Waals surface area contributed by atoms with Gasteiger partial charge in [0.25, 0.3) is 5.91 Å². The number of nitrogens with one attached hydrogen (secondary N) is 1. The third-order valence-electron chi connectivity index (χ3n) is 6.18. The second-order valence-electron chi connectivity index (χ2n) is 8.66. The first-order chi connectivity index (χ1) is 17.2. The molecule has 1 aliphatic rings. The molecule has 0 bridgehead atoms. The number of nitro groups is 1. The number of amides is 2. The Morgan fingerprint density at radius 1 is 1.17 bits per heavy atom. The third kappa shape index (κ3) is 7.24. The molecule has 0 aliphatic heterocycles. The molecule has 1 unspecified atom stereocenters. The molecule has 1 aliphatic carbocycles. The smallest absolute Gasteiger partial charge is 0.311 e. The van der Waals surface area contributed by atoms with Crippen molar-refractivity contribution in [1.29, 1.82) is 0 Å². The van der Waals surface area contributed by atoms with Crippen LogP contribution in [-0.2, 0) is 16.1 Å². The zero-order chi connectivity index (χ0) is 26.2. The predicted octanol–water partition coefficient (Wildman–Crippen LogP) is 5.16. The van der Waals surface area contributed by atoms with Crippen LogP contribution in [0, 0.1) is 10.1 Å². The molecule has 3 rings (SSSR count). The van der Waals surface area contributed by atoms with Gasteiger partial charge in [-0.1, -0.05) is 48.5 Å². The van der Waals surface area contributed by atoms with Crippen molar-refractivity contribution in [1.82, 2.24) is 10.2 Å². The minimum atomic E-state index is -0.791. The van der Waals surface area contributed by atoms with E-state index in [1.807, 2.05) is 0 Å². The maximum atomic E-state index is 13.3. The maximum Gasteiger partial charge on any atom is 0.311 e. The lowest BCUT2D eigenvalue weighted by Gasteiger charge is -2.31. The molecule has 9 nitrogen and oxygen atoms in total. The number of nitro benzene ring substituents is 1. The fourth-order valence-electron chi connectivity index (χ4n) is 4.11. The average Bonchev–Trinajstić information content (AvgIpc) is 2.86. The first-order valence-electron chi connectivity index (χ1n) is 11.7. The Kier molecular flexibility index (Phi) is 9.78. The van der Waals surface area contributed by atoms with Gasteiger partial charge < -0.3 is 19.7 Å². The van der Waals surface area contributed by atoms with Crippen molar-refractivity contribution in [3.8, 4) is 11.5 Å². The number of rotatable bonds is 10. The third-order valence-corrected chi connectivity index (χ3v) is 6.77. The molecule has 1 atom stereocenters. The van der Waals surface area contributed by atoms with Gasteiger partial charge in [0, 0.05) is 34.8 Å². The summed E-state index contributed by atoms with van der Waals surface area (Å²) in [4.78, 5) is 38.3. The molecular formula is C25H29Cl2N3O6. The molecular weight excluding hydrogens is 509 g/mol. The van der Waals surface area contributed by atoms with Crippen LogP contribution >= 0.6 is 23.2 Å². The topological polar surface area (TPSA) is 111 Å². The van der Waals surface area contributed by atoms with Gasteiger partial charge in [-0.3, -0.25) is 19.7 Å². The van der Waals surface area contributed by atoms with Crippen LogP contribution in [0.1, 0.15) is 44.6 Å². The van der Waals surface area contributed by atoms with Crippen molar-refractivity contribution in [3.63, 3.8) is 0 Å². The first kappa shape index (κ1) is 27.5. The van der Waals surface area contributed by atoms with Crippen LogP contribution in [0.25, 0.3) is 0 Å². The molecule has 1 N–H and O–H groups in total. The number of benzene rings is 2. The zero-order valence-electron chi connectivity index (χ0n) is 20.2. The summed E-state index contributed by atoms with van der Waals surface area (Å²) in [5, 5.41) is 15.0. The monoisotopic (exact) mass is 537 g/mol. The van der Waals surface area contributed by atoms with E-state index < -0.39 is 23.5 Å². The van der Waals surface area contributed by atoms with Crippen LogP contribution in [0.3, 0.4) is 0 Å². The fraction of sp³-hybridized carbons (Fsp3) is 0.440. The summed E-state index contributed by atoms with van der Waals surface area (Å²) in [6, 6.07) is 8.21. The quantitative estimate of drug-likeness (QED) is 0.331. The lowest BCUT2D eigenvalue weighted by atomic mass is 9.95. The minimum absolute atomic E-state index is 0.00924. The van der Waals surface area contributed by atoms with E-state index in [0.29, 0.717) is 15.6 Å². The first-order valence-corrected chi connectivity index (χ1v) is 12.4. The van der Waals surface area contributed by atoms with Crippen LogP contribution in [0.2, 0.25) is 10.0 Å². The Morgan fingerprint density at radius 2 is 1.89 bits per heavy atom. The lowest BCUT2D eigenvalue weighted by molar-refractivity contribution is -0.385. The fourth-order valence-corrected chi connectivity index (χ4v) is 4.58. The van der Waals surface area contributed by atoms with Crippen molar-refractivity contribution in [3.05, 3.63) is 62.1 Å². The largest absolute Gasteiger partial charge is 0.490 e. The van der Waals surface area contributed by atoms with E-state index in [1.165, 1.54) is 30.2 Å². The van der Waals surface area contributed by atoms with Gasteiger partial charge in [0.1, 0.15) is 11.8 Å². The summed E-state index contributed by atoms with van der Waals surface area (Å²) in [7, 11) is 1.31. The highest BCUT2D eigenvalue weighted by atomic mass is 35.5. The van der Waals surface area contributed by atoms with Crippen molar-refractivity contribution in [2.75, 3.05) is 13.7 Å². The van der Waals surface area contributed by atoms with Gasteiger partial charge in [-0.25, -0.2) is 0 Å². The van der Waals surface area contributed by atoms with Crippen molar-refractivity contribution < 1.29 is 24.0 Å². The minimum Gasteiger partial charge on any atom is -0.490 e. The zero-order valence-corrected chi connectivity index (χ0v) is 21.7. The molecule has 1 saturated carbocycles. The molecule has 194 valence electrons. The predicted molar refractivity (Wildman–Crippen MR) is 137 cm³/mol. The molecule has 0 heterocycles. The summed E-state index contributed by atoms with van der Waals surface area (Å²) in [6.07, 6.45) is 5.12. The van der Waals surface area contributed by atoms with E-state index in [-0.39, 0.29) is 35.7 Å².